The Hall–Kier alpha value is -1.64. The van der Waals surface area contributed by atoms with Crippen molar-refractivity contribution in [3.05, 3.63) is 35.2 Å². The molecule has 0 fully saturated rings. The minimum absolute atomic E-state index is 0.107. The lowest BCUT2D eigenvalue weighted by Crippen LogP contribution is -2.17. The molecule has 0 amide bonds. The van der Waals surface area contributed by atoms with Crippen molar-refractivity contribution in [1.82, 2.24) is 9.78 Å². The summed E-state index contributed by atoms with van der Waals surface area (Å²) >= 11 is 0. The molecule has 1 aromatic heterocycles. The third kappa shape index (κ3) is 3.23. The molecule has 22 heavy (non-hydrogen) atoms. The largest absolute Gasteiger partial charge is 0.294 e. The van der Waals surface area contributed by atoms with E-state index in [1.807, 2.05) is 10.9 Å². The van der Waals surface area contributed by atoms with Crippen LogP contribution >= 0.6 is 0 Å². The first-order valence-corrected chi connectivity index (χ1v) is 8.61. The van der Waals surface area contributed by atoms with E-state index in [4.69, 9.17) is 5.10 Å². The number of nitrogens with zero attached hydrogens (tertiary/aromatic N) is 2. The highest BCUT2D eigenvalue weighted by Crippen LogP contribution is 2.30. The van der Waals surface area contributed by atoms with Gasteiger partial charge in [-0.1, -0.05) is 45.9 Å². The molecule has 1 aliphatic rings. The van der Waals surface area contributed by atoms with Crippen molar-refractivity contribution < 1.29 is 4.79 Å². The minimum atomic E-state index is 0.107. The van der Waals surface area contributed by atoms with Gasteiger partial charge in [-0.05, 0) is 25.7 Å². The molecule has 0 spiro atoms. The van der Waals surface area contributed by atoms with Crippen LogP contribution in [-0.2, 0) is 6.42 Å². The second-order valence-electron chi connectivity index (χ2n) is 6.13. The number of carbonyl (C=O) groups is 1. The third-order valence-corrected chi connectivity index (χ3v) is 4.72. The highest BCUT2D eigenvalue weighted by Gasteiger charge is 2.28. The van der Waals surface area contributed by atoms with Crippen molar-refractivity contribution in [2.75, 3.05) is 0 Å². The molecule has 1 atom stereocenters. The Kier molecular flexibility index (Phi) is 5.76. The van der Waals surface area contributed by atoms with Crippen LogP contribution in [0.5, 0.6) is 0 Å². The number of aromatic nitrogens is 2. The van der Waals surface area contributed by atoms with Crippen LogP contribution in [0.3, 0.4) is 0 Å². The van der Waals surface area contributed by atoms with Gasteiger partial charge in [0.2, 0.25) is 0 Å². The van der Waals surface area contributed by atoms with E-state index >= 15 is 0 Å². The molecule has 0 radical (unpaired) electrons. The highest BCUT2D eigenvalue weighted by molar-refractivity contribution is 6.00. The molecule has 1 unspecified atom stereocenters. The molecular formula is C19H28N2O. The number of carbonyl (C=O) groups excluding carboxylic acids is 1. The Morgan fingerprint density at radius 1 is 1.18 bits per heavy atom. The molecule has 120 valence electrons. The predicted molar refractivity (Wildman–Crippen MR) is 92.1 cm³/mol. The maximum absolute atomic E-state index is 13.1. The van der Waals surface area contributed by atoms with Gasteiger partial charge < -0.3 is 0 Å². The van der Waals surface area contributed by atoms with E-state index in [1.54, 1.807) is 0 Å². The fourth-order valence-electron chi connectivity index (χ4n) is 3.01. The van der Waals surface area contributed by atoms with Gasteiger partial charge in [-0.15, -0.1) is 0 Å². The summed E-state index contributed by atoms with van der Waals surface area (Å²) in [6, 6.07) is 0. The molecule has 2 rings (SSSR count). The first-order valence-electron chi connectivity index (χ1n) is 8.61. The Labute approximate surface area is 134 Å². The van der Waals surface area contributed by atoms with Gasteiger partial charge in [0.25, 0.3) is 0 Å². The van der Waals surface area contributed by atoms with E-state index in [9.17, 15) is 4.79 Å². The number of rotatable bonds is 6. The topological polar surface area (TPSA) is 34.9 Å². The van der Waals surface area contributed by atoms with E-state index < -0.39 is 0 Å². The van der Waals surface area contributed by atoms with Crippen molar-refractivity contribution in [2.45, 2.75) is 65.7 Å². The quantitative estimate of drug-likeness (QED) is 0.548. The maximum Gasteiger partial charge on any atom is 0.169 e. The molecule has 3 nitrogen and oxygen atoms in total. The molecule has 0 bridgehead atoms. The highest BCUT2D eigenvalue weighted by atomic mass is 16.1. The number of hydrogen-bond donors (Lipinski definition) is 0. The van der Waals surface area contributed by atoms with Crippen LogP contribution in [0.4, 0.5) is 0 Å². The van der Waals surface area contributed by atoms with Crippen LogP contribution in [0.15, 0.2) is 18.2 Å². The molecule has 0 N–H and O–H groups in total. The zero-order valence-corrected chi connectivity index (χ0v) is 14.3. The zero-order valence-electron chi connectivity index (χ0n) is 14.3. The van der Waals surface area contributed by atoms with Crippen molar-refractivity contribution in [3.8, 4) is 0 Å². The van der Waals surface area contributed by atoms with Crippen molar-refractivity contribution in [3.63, 3.8) is 0 Å². The predicted octanol–water partition coefficient (Wildman–Crippen LogP) is 4.99. The number of ketones is 1. The molecule has 0 aliphatic carbocycles. The lowest BCUT2D eigenvalue weighted by atomic mass is 9.88. The molecule has 1 aromatic rings. The van der Waals surface area contributed by atoms with Crippen molar-refractivity contribution in [1.29, 1.82) is 0 Å². The molecule has 3 heteroatoms. The Bertz CT molecular complexity index is 577. The van der Waals surface area contributed by atoms with Gasteiger partial charge in [-0.3, -0.25) is 4.79 Å². The van der Waals surface area contributed by atoms with Gasteiger partial charge in [-0.2, -0.15) is 5.10 Å². The van der Waals surface area contributed by atoms with Gasteiger partial charge in [0.15, 0.2) is 5.78 Å². The first kappa shape index (κ1) is 16.7. The second kappa shape index (κ2) is 7.57. The fraction of sp³-hybridized carbons (Fsp3) is 0.579. The minimum Gasteiger partial charge on any atom is -0.294 e. The first-order chi connectivity index (χ1) is 10.6. The van der Waals surface area contributed by atoms with Crippen LogP contribution in [0, 0.1) is 5.92 Å². The summed E-state index contributed by atoms with van der Waals surface area (Å²) in [5.41, 5.74) is 2.92. The van der Waals surface area contributed by atoms with E-state index in [0.717, 1.165) is 49.1 Å². The maximum atomic E-state index is 13.1. The van der Waals surface area contributed by atoms with Crippen molar-refractivity contribution >= 4 is 12.0 Å². The summed E-state index contributed by atoms with van der Waals surface area (Å²) in [7, 11) is 0. The molecule has 0 saturated heterocycles. The van der Waals surface area contributed by atoms with Gasteiger partial charge >= 0.3 is 0 Å². The Morgan fingerprint density at radius 3 is 2.55 bits per heavy atom. The average molecular weight is 300 g/mol. The van der Waals surface area contributed by atoms with Crippen LogP contribution < -0.4 is 0 Å². The SMILES string of the molecule is CCC(CC)C(=O)c1c(C(C)CC)nn2c1C/C=C\CC=C2. The molecule has 2 heterocycles. The third-order valence-electron chi connectivity index (χ3n) is 4.72. The second-order valence-corrected chi connectivity index (χ2v) is 6.13. The monoisotopic (exact) mass is 300 g/mol. The fourth-order valence-corrected chi connectivity index (χ4v) is 3.01. The molecule has 0 aromatic carbocycles. The molecule has 0 saturated carbocycles. The number of hydrogen-bond acceptors (Lipinski definition) is 2. The summed E-state index contributed by atoms with van der Waals surface area (Å²) in [5.74, 6) is 0.700. The van der Waals surface area contributed by atoms with Gasteiger partial charge in [0, 0.05) is 24.5 Å². The number of allylic oxidation sites excluding steroid dienone is 3. The number of fused-ring (bicyclic) bond motifs is 1. The summed E-state index contributed by atoms with van der Waals surface area (Å²) in [6.07, 6.45) is 12.9. The average Bonchev–Trinajstić information content (AvgIpc) is 2.85. The summed E-state index contributed by atoms with van der Waals surface area (Å²) in [4.78, 5) is 13.1. The van der Waals surface area contributed by atoms with E-state index in [1.165, 1.54) is 0 Å². The lowest BCUT2D eigenvalue weighted by molar-refractivity contribution is 0.0911. The van der Waals surface area contributed by atoms with Crippen LogP contribution in [-0.4, -0.2) is 15.6 Å². The van der Waals surface area contributed by atoms with Crippen molar-refractivity contribution in [2.24, 2.45) is 5.92 Å². The summed E-state index contributed by atoms with van der Waals surface area (Å²) < 4.78 is 1.93. The van der Waals surface area contributed by atoms with Gasteiger partial charge in [-0.25, -0.2) is 4.68 Å². The van der Waals surface area contributed by atoms with Crippen LogP contribution in [0.2, 0.25) is 0 Å². The van der Waals surface area contributed by atoms with Crippen LogP contribution in [0.25, 0.3) is 6.20 Å². The van der Waals surface area contributed by atoms with Gasteiger partial charge in [0.1, 0.15) is 0 Å². The van der Waals surface area contributed by atoms with E-state index in [-0.39, 0.29) is 11.7 Å². The van der Waals surface area contributed by atoms with Gasteiger partial charge in [0.05, 0.1) is 17.0 Å². The zero-order chi connectivity index (χ0) is 16.1. The van der Waals surface area contributed by atoms with Crippen LogP contribution in [0.1, 0.15) is 81.0 Å². The van der Waals surface area contributed by atoms with E-state index in [0.29, 0.717) is 5.92 Å². The Balaban J connectivity index is 2.57. The lowest BCUT2D eigenvalue weighted by Gasteiger charge is -2.14. The summed E-state index contributed by atoms with van der Waals surface area (Å²) in [6.45, 7) is 8.52. The smallest absolute Gasteiger partial charge is 0.169 e. The molecular weight excluding hydrogens is 272 g/mol. The molecule has 1 aliphatic heterocycles. The Morgan fingerprint density at radius 2 is 1.91 bits per heavy atom. The number of Topliss-reactive ketones (excluding diaryl/α,β-unsaturated/α-hetero) is 1. The normalized spacial score (nSPS) is 17.0. The van der Waals surface area contributed by atoms with E-state index in [2.05, 4.69) is 45.9 Å². The summed E-state index contributed by atoms with van der Waals surface area (Å²) in [5, 5.41) is 4.77. The standard InChI is InChI=1S/C19H28N2O/c1-5-14(4)18-17(19(22)15(6-2)7-3)16-12-10-8-9-11-13-21(16)20-18/h8,10-11,13-15H,5-7,9,12H2,1-4H3/b10-8-,13-11?.